The first-order chi connectivity index (χ1) is 10.2. The van der Waals surface area contributed by atoms with Crippen LogP contribution in [0.25, 0.3) is 10.9 Å². The molecule has 2 aromatic carbocycles. The van der Waals surface area contributed by atoms with E-state index in [1.807, 2.05) is 30.3 Å². The fourth-order valence-electron chi connectivity index (χ4n) is 2.54. The molecule has 108 valence electrons. The molecular formula is C18H21N3. The van der Waals surface area contributed by atoms with Crippen molar-refractivity contribution in [3.8, 4) is 0 Å². The number of hydrogen-bond donors (Lipinski definition) is 2. The zero-order valence-electron chi connectivity index (χ0n) is 12.5. The second kappa shape index (κ2) is 6.02. The molecule has 0 fully saturated rings. The molecule has 0 unspecified atom stereocenters. The van der Waals surface area contributed by atoms with Gasteiger partial charge in [0.1, 0.15) is 0 Å². The van der Waals surface area contributed by atoms with E-state index < -0.39 is 0 Å². The largest absolute Gasteiger partial charge is 0.345 e. The summed E-state index contributed by atoms with van der Waals surface area (Å²) in [5, 5.41) is 1.29. The van der Waals surface area contributed by atoms with Crippen molar-refractivity contribution >= 4 is 16.6 Å². The lowest BCUT2D eigenvalue weighted by Crippen LogP contribution is -2.20. The molecule has 0 radical (unpaired) electrons. The van der Waals surface area contributed by atoms with Crippen LogP contribution in [0.3, 0.4) is 0 Å². The third-order valence-electron chi connectivity index (χ3n) is 3.64. The predicted molar refractivity (Wildman–Crippen MR) is 89.2 cm³/mol. The van der Waals surface area contributed by atoms with Crippen LogP contribution >= 0.6 is 0 Å². The van der Waals surface area contributed by atoms with E-state index in [4.69, 9.17) is 0 Å². The lowest BCUT2D eigenvalue weighted by Gasteiger charge is -2.11. The molecule has 0 saturated carbocycles. The van der Waals surface area contributed by atoms with E-state index in [0.717, 1.165) is 12.2 Å². The van der Waals surface area contributed by atoms with Crippen molar-refractivity contribution in [2.24, 2.45) is 0 Å². The Morgan fingerprint density at radius 3 is 2.57 bits per heavy atom. The van der Waals surface area contributed by atoms with Gasteiger partial charge in [-0.1, -0.05) is 24.3 Å². The molecule has 3 aromatic rings. The van der Waals surface area contributed by atoms with Gasteiger partial charge in [0.25, 0.3) is 0 Å². The average Bonchev–Trinajstić information content (AvgIpc) is 2.91. The van der Waals surface area contributed by atoms with Gasteiger partial charge in [-0.05, 0) is 55.1 Å². The number of aromatic nitrogens is 1. The van der Waals surface area contributed by atoms with E-state index in [-0.39, 0.29) is 0 Å². The van der Waals surface area contributed by atoms with Crippen molar-refractivity contribution < 1.29 is 0 Å². The molecular weight excluding hydrogens is 258 g/mol. The molecule has 21 heavy (non-hydrogen) atoms. The van der Waals surface area contributed by atoms with Gasteiger partial charge >= 0.3 is 0 Å². The summed E-state index contributed by atoms with van der Waals surface area (Å²) < 4.78 is 2.30. The second-order valence-electron chi connectivity index (χ2n) is 5.55. The monoisotopic (exact) mass is 279 g/mol. The summed E-state index contributed by atoms with van der Waals surface area (Å²) in [5.41, 5.74) is 10.1. The number of fused-ring (bicyclic) bond motifs is 1. The first-order valence-corrected chi connectivity index (χ1v) is 7.37. The van der Waals surface area contributed by atoms with Gasteiger partial charge < -0.3 is 9.99 Å². The molecule has 1 aromatic heterocycles. The molecule has 0 aliphatic heterocycles. The van der Waals surface area contributed by atoms with Gasteiger partial charge in [0.15, 0.2) is 0 Å². The van der Waals surface area contributed by atoms with Crippen molar-refractivity contribution in [1.82, 2.24) is 9.99 Å². The summed E-state index contributed by atoms with van der Waals surface area (Å²) in [6.45, 7) is 5.20. The third-order valence-corrected chi connectivity index (χ3v) is 3.64. The number of nitrogens with one attached hydrogen (secondary N) is 2. The lowest BCUT2D eigenvalue weighted by atomic mass is 10.1. The molecule has 2 N–H and O–H groups in total. The molecule has 0 atom stereocenters. The summed E-state index contributed by atoms with van der Waals surface area (Å²) >= 11 is 0. The highest BCUT2D eigenvalue weighted by Gasteiger charge is 2.04. The zero-order chi connectivity index (χ0) is 14.7. The molecule has 0 amide bonds. The number of benzene rings is 2. The normalized spacial score (nSPS) is 11.2. The highest BCUT2D eigenvalue weighted by atomic mass is 15.3. The van der Waals surface area contributed by atoms with E-state index in [1.165, 1.54) is 16.5 Å². The molecule has 0 bridgehead atoms. The van der Waals surface area contributed by atoms with Gasteiger partial charge in [0.2, 0.25) is 0 Å². The Hall–Kier alpha value is -2.26. The smallest absolute Gasteiger partial charge is 0.0487 e. The highest BCUT2D eigenvalue weighted by molar-refractivity contribution is 5.81. The van der Waals surface area contributed by atoms with E-state index >= 15 is 0 Å². The van der Waals surface area contributed by atoms with Crippen LogP contribution in [0.15, 0.2) is 60.8 Å². The summed E-state index contributed by atoms with van der Waals surface area (Å²) in [4.78, 5) is 0. The first-order valence-electron chi connectivity index (χ1n) is 7.37. The number of nitrogens with zero attached hydrogens (tertiary/aromatic N) is 1. The maximum Gasteiger partial charge on any atom is 0.0487 e. The second-order valence-corrected chi connectivity index (χ2v) is 5.55. The van der Waals surface area contributed by atoms with Crippen LogP contribution in [-0.4, -0.2) is 4.57 Å². The van der Waals surface area contributed by atoms with Crippen molar-refractivity contribution in [3.05, 3.63) is 66.4 Å². The van der Waals surface area contributed by atoms with E-state index in [1.54, 1.807) is 0 Å². The van der Waals surface area contributed by atoms with Crippen LogP contribution in [0.2, 0.25) is 0 Å². The topological polar surface area (TPSA) is 29.0 Å². The Balaban J connectivity index is 1.68. The van der Waals surface area contributed by atoms with E-state index in [0.29, 0.717) is 6.04 Å². The van der Waals surface area contributed by atoms with Crippen molar-refractivity contribution in [2.75, 3.05) is 5.43 Å². The molecule has 0 aliphatic carbocycles. The fraction of sp³-hybridized carbons (Fsp3) is 0.222. The van der Waals surface area contributed by atoms with Crippen LogP contribution in [0.4, 0.5) is 5.69 Å². The van der Waals surface area contributed by atoms with Gasteiger partial charge in [0, 0.05) is 30.0 Å². The number of anilines is 1. The molecule has 3 nitrogen and oxygen atoms in total. The van der Waals surface area contributed by atoms with Crippen LogP contribution in [0, 0.1) is 0 Å². The highest BCUT2D eigenvalue weighted by Crippen LogP contribution is 2.21. The Kier molecular flexibility index (Phi) is 3.93. The van der Waals surface area contributed by atoms with Crippen LogP contribution < -0.4 is 10.9 Å². The molecule has 0 aliphatic rings. The Labute approximate surface area is 125 Å². The standard InChI is InChI=1S/C18H21N3/c1-14(2)21-11-10-16-12-15(8-9-18(16)21)13-19-20-17-6-4-3-5-7-17/h3-12,14,19-20H,13H2,1-2H3. The van der Waals surface area contributed by atoms with Crippen molar-refractivity contribution in [2.45, 2.75) is 26.4 Å². The Bertz CT molecular complexity index is 714. The lowest BCUT2D eigenvalue weighted by molar-refractivity contribution is 0.623. The third kappa shape index (κ3) is 3.09. The van der Waals surface area contributed by atoms with Gasteiger partial charge in [-0.25, -0.2) is 5.43 Å². The first kappa shape index (κ1) is 13.7. The molecule has 3 heteroatoms. The summed E-state index contributed by atoms with van der Waals surface area (Å²) in [6, 6.07) is 19.4. The van der Waals surface area contributed by atoms with E-state index in [9.17, 15) is 0 Å². The minimum absolute atomic E-state index is 0.492. The van der Waals surface area contributed by atoms with Gasteiger partial charge in [-0.2, -0.15) is 0 Å². The SMILES string of the molecule is CC(C)n1ccc2cc(CNNc3ccccc3)ccc21. The Morgan fingerprint density at radius 2 is 1.81 bits per heavy atom. The van der Waals surface area contributed by atoms with Crippen LogP contribution in [-0.2, 0) is 6.54 Å². The summed E-state index contributed by atoms with van der Waals surface area (Å²) in [5.74, 6) is 0. The molecule has 3 rings (SSSR count). The van der Waals surface area contributed by atoms with E-state index in [2.05, 4.69) is 59.7 Å². The summed E-state index contributed by atoms with van der Waals surface area (Å²) in [7, 11) is 0. The Morgan fingerprint density at radius 1 is 1.00 bits per heavy atom. The van der Waals surface area contributed by atoms with Crippen molar-refractivity contribution in [3.63, 3.8) is 0 Å². The maximum atomic E-state index is 3.26. The number of hydrazine groups is 1. The van der Waals surface area contributed by atoms with Crippen molar-refractivity contribution in [1.29, 1.82) is 0 Å². The number of rotatable bonds is 5. The van der Waals surface area contributed by atoms with Gasteiger partial charge in [-0.15, -0.1) is 0 Å². The predicted octanol–water partition coefficient (Wildman–Crippen LogP) is 4.34. The number of para-hydroxylation sites is 1. The van der Waals surface area contributed by atoms with Crippen LogP contribution in [0.5, 0.6) is 0 Å². The molecule has 1 heterocycles. The van der Waals surface area contributed by atoms with Gasteiger partial charge in [-0.3, -0.25) is 0 Å². The quantitative estimate of drug-likeness (QED) is 0.680. The molecule has 0 spiro atoms. The minimum atomic E-state index is 0.492. The molecule has 0 saturated heterocycles. The summed E-state index contributed by atoms with van der Waals surface area (Å²) in [6.07, 6.45) is 2.16. The maximum absolute atomic E-state index is 3.26. The fourth-order valence-corrected chi connectivity index (χ4v) is 2.54. The zero-order valence-corrected chi connectivity index (χ0v) is 12.5. The minimum Gasteiger partial charge on any atom is -0.345 e. The average molecular weight is 279 g/mol. The van der Waals surface area contributed by atoms with Gasteiger partial charge in [0.05, 0.1) is 0 Å². The number of hydrogen-bond acceptors (Lipinski definition) is 2. The van der Waals surface area contributed by atoms with Crippen LogP contribution in [0.1, 0.15) is 25.5 Å².